The Morgan fingerprint density at radius 3 is 3.20 bits per heavy atom. The fraction of sp³-hybridized carbons (Fsp3) is 0. The van der Waals surface area contributed by atoms with E-state index in [0.717, 1.165) is 0 Å². The van der Waals surface area contributed by atoms with E-state index < -0.39 is 5.91 Å². The van der Waals surface area contributed by atoms with Crippen LogP contribution >= 0.6 is 11.3 Å². The first-order chi connectivity index (χ1) is 7.31. The van der Waals surface area contributed by atoms with Gasteiger partial charge in [0.15, 0.2) is 0 Å². The molecule has 1 amide bonds. The standard InChI is InChI=1S/C7H4N6OS/c8-3-4-1-2-15-7(4)9-6(14)5-10-12-13-11-5/h1-2H,(H,9,14)(H,10,11,12,13). The van der Waals surface area contributed by atoms with E-state index in [4.69, 9.17) is 5.26 Å². The number of H-pyrrole nitrogens is 1. The van der Waals surface area contributed by atoms with Crippen LogP contribution in [0.25, 0.3) is 0 Å². The van der Waals surface area contributed by atoms with Crippen molar-refractivity contribution in [1.29, 1.82) is 5.26 Å². The number of nitrogens with one attached hydrogen (secondary N) is 2. The molecule has 0 aliphatic carbocycles. The molecule has 0 aliphatic rings. The van der Waals surface area contributed by atoms with E-state index in [9.17, 15) is 4.79 Å². The lowest BCUT2D eigenvalue weighted by Crippen LogP contribution is -2.13. The molecule has 0 radical (unpaired) electrons. The topological polar surface area (TPSA) is 107 Å². The molecule has 0 bridgehead atoms. The Labute approximate surface area is 87.7 Å². The van der Waals surface area contributed by atoms with Gasteiger partial charge in [-0.2, -0.15) is 10.5 Å². The van der Waals surface area contributed by atoms with Crippen LogP contribution in [0.2, 0.25) is 0 Å². The summed E-state index contributed by atoms with van der Waals surface area (Å²) in [6.07, 6.45) is 0. The first kappa shape index (κ1) is 9.29. The predicted octanol–water partition coefficient (Wildman–Crippen LogP) is 0.385. The van der Waals surface area contributed by atoms with E-state index in [0.29, 0.717) is 10.6 Å². The molecular weight excluding hydrogens is 216 g/mol. The Balaban J connectivity index is 2.17. The van der Waals surface area contributed by atoms with Gasteiger partial charge in [0.05, 0.1) is 5.56 Å². The summed E-state index contributed by atoms with van der Waals surface area (Å²) in [7, 11) is 0. The molecule has 2 rings (SSSR count). The quantitative estimate of drug-likeness (QED) is 0.760. The van der Waals surface area contributed by atoms with Gasteiger partial charge in [-0.05, 0) is 16.7 Å². The van der Waals surface area contributed by atoms with Crippen LogP contribution in [0.3, 0.4) is 0 Å². The summed E-state index contributed by atoms with van der Waals surface area (Å²) < 4.78 is 0. The summed E-state index contributed by atoms with van der Waals surface area (Å²) >= 11 is 1.26. The molecule has 0 unspecified atom stereocenters. The van der Waals surface area contributed by atoms with Gasteiger partial charge in [0, 0.05) is 0 Å². The van der Waals surface area contributed by atoms with Crippen molar-refractivity contribution in [2.24, 2.45) is 0 Å². The molecular formula is C7H4N6OS. The number of thiophene rings is 1. The summed E-state index contributed by atoms with van der Waals surface area (Å²) in [5, 5.41) is 25.9. The molecule has 74 valence electrons. The normalized spacial score (nSPS) is 9.53. The molecule has 0 aliphatic heterocycles. The zero-order valence-corrected chi connectivity index (χ0v) is 8.08. The van der Waals surface area contributed by atoms with Crippen molar-refractivity contribution in [3.05, 3.63) is 22.8 Å². The summed E-state index contributed by atoms with van der Waals surface area (Å²) in [5.41, 5.74) is 0.414. The summed E-state index contributed by atoms with van der Waals surface area (Å²) in [6, 6.07) is 3.58. The maximum Gasteiger partial charge on any atom is 0.297 e. The minimum absolute atomic E-state index is 0.0627. The smallest absolute Gasteiger partial charge is 0.297 e. The molecule has 0 atom stereocenters. The summed E-state index contributed by atoms with van der Waals surface area (Å²) in [6.45, 7) is 0. The van der Waals surface area contributed by atoms with Gasteiger partial charge in [0.2, 0.25) is 0 Å². The molecule has 2 aromatic heterocycles. The lowest BCUT2D eigenvalue weighted by atomic mass is 10.3. The Bertz CT molecular complexity index is 510. The van der Waals surface area contributed by atoms with Crippen LogP contribution in [0.5, 0.6) is 0 Å². The number of tetrazole rings is 1. The molecule has 2 heterocycles. The highest BCUT2D eigenvalue weighted by Crippen LogP contribution is 2.22. The van der Waals surface area contributed by atoms with Gasteiger partial charge in [-0.15, -0.1) is 21.5 Å². The maximum absolute atomic E-state index is 11.4. The number of nitriles is 1. The average molecular weight is 220 g/mol. The summed E-state index contributed by atoms with van der Waals surface area (Å²) in [4.78, 5) is 11.4. The molecule has 0 saturated heterocycles. The molecule has 2 aromatic rings. The number of aromatic nitrogens is 4. The highest BCUT2D eigenvalue weighted by molar-refractivity contribution is 7.14. The SMILES string of the molecule is N#Cc1ccsc1NC(=O)c1nn[nH]n1. The first-order valence-electron chi connectivity index (χ1n) is 3.83. The third kappa shape index (κ3) is 1.82. The third-order valence-corrected chi connectivity index (χ3v) is 2.39. The average Bonchev–Trinajstić information content (AvgIpc) is 2.87. The fourth-order valence-electron chi connectivity index (χ4n) is 0.911. The number of rotatable bonds is 2. The van der Waals surface area contributed by atoms with E-state index in [1.807, 2.05) is 6.07 Å². The summed E-state index contributed by atoms with van der Waals surface area (Å²) in [5.74, 6) is -0.560. The van der Waals surface area contributed by atoms with Crippen molar-refractivity contribution in [2.75, 3.05) is 5.32 Å². The molecule has 7 nitrogen and oxygen atoms in total. The second-order valence-electron chi connectivity index (χ2n) is 2.46. The lowest BCUT2D eigenvalue weighted by molar-refractivity contribution is 0.101. The van der Waals surface area contributed by atoms with Gasteiger partial charge in [-0.25, -0.2) is 0 Å². The van der Waals surface area contributed by atoms with Crippen molar-refractivity contribution in [3.63, 3.8) is 0 Å². The van der Waals surface area contributed by atoms with Crippen LogP contribution in [0.4, 0.5) is 5.00 Å². The van der Waals surface area contributed by atoms with Crippen LogP contribution in [0, 0.1) is 11.3 Å². The molecule has 0 saturated carbocycles. The van der Waals surface area contributed by atoms with Crippen LogP contribution < -0.4 is 5.32 Å². The van der Waals surface area contributed by atoms with Crippen molar-refractivity contribution >= 4 is 22.2 Å². The minimum Gasteiger partial charge on any atom is -0.310 e. The third-order valence-electron chi connectivity index (χ3n) is 1.56. The Morgan fingerprint density at radius 2 is 2.53 bits per heavy atom. The first-order valence-corrected chi connectivity index (χ1v) is 4.71. The van der Waals surface area contributed by atoms with Crippen LogP contribution in [0.1, 0.15) is 16.2 Å². The number of hydrogen-bond acceptors (Lipinski definition) is 6. The highest BCUT2D eigenvalue weighted by atomic mass is 32.1. The number of aromatic amines is 1. The zero-order chi connectivity index (χ0) is 10.7. The molecule has 0 spiro atoms. The van der Waals surface area contributed by atoms with Gasteiger partial charge in [0.1, 0.15) is 11.1 Å². The van der Waals surface area contributed by atoms with Crippen LogP contribution in [-0.4, -0.2) is 26.5 Å². The molecule has 0 fully saturated rings. The van der Waals surface area contributed by atoms with Crippen molar-refractivity contribution in [1.82, 2.24) is 20.6 Å². The Kier molecular flexibility index (Phi) is 2.38. The van der Waals surface area contributed by atoms with Crippen LogP contribution in [0.15, 0.2) is 11.4 Å². The van der Waals surface area contributed by atoms with Crippen molar-refractivity contribution in [2.45, 2.75) is 0 Å². The number of anilines is 1. The second-order valence-corrected chi connectivity index (χ2v) is 3.38. The minimum atomic E-state index is -0.497. The van der Waals surface area contributed by atoms with Crippen LogP contribution in [-0.2, 0) is 0 Å². The number of amides is 1. The lowest BCUT2D eigenvalue weighted by Gasteiger charge is -1.97. The monoisotopic (exact) mass is 220 g/mol. The highest BCUT2D eigenvalue weighted by Gasteiger charge is 2.13. The molecule has 15 heavy (non-hydrogen) atoms. The number of hydrogen-bond donors (Lipinski definition) is 2. The van der Waals surface area contributed by atoms with Gasteiger partial charge >= 0.3 is 0 Å². The van der Waals surface area contributed by atoms with Crippen molar-refractivity contribution in [3.8, 4) is 6.07 Å². The van der Waals surface area contributed by atoms with E-state index >= 15 is 0 Å². The van der Waals surface area contributed by atoms with Gasteiger partial charge in [-0.1, -0.05) is 0 Å². The number of nitrogens with zero attached hydrogens (tertiary/aromatic N) is 4. The van der Waals surface area contributed by atoms with Gasteiger partial charge < -0.3 is 5.32 Å². The van der Waals surface area contributed by atoms with E-state index in [1.165, 1.54) is 11.3 Å². The molecule has 2 N–H and O–H groups in total. The largest absolute Gasteiger partial charge is 0.310 e. The number of carbonyl (C=O) groups is 1. The number of carbonyl (C=O) groups excluding carboxylic acids is 1. The van der Waals surface area contributed by atoms with E-state index in [-0.39, 0.29) is 5.82 Å². The van der Waals surface area contributed by atoms with E-state index in [1.54, 1.807) is 11.4 Å². The molecule has 0 aromatic carbocycles. The molecule has 8 heteroatoms. The maximum atomic E-state index is 11.4. The fourth-order valence-corrected chi connectivity index (χ4v) is 1.64. The van der Waals surface area contributed by atoms with Gasteiger partial charge in [0.25, 0.3) is 11.7 Å². The van der Waals surface area contributed by atoms with Gasteiger partial charge in [-0.3, -0.25) is 4.79 Å². The van der Waals surface area contributed by atoms with E-state index in [2.05, 4.69) is 25.9 Å². The van der Waals surface area contributed by atoms with Crippen molar-refractivity contribution < 1.29 is 4.79 Å². The second kappa shape index (κ2) is 3.85. The Morgan fingerprint density at radius 1 is 1.67 bits per heavy atom. The predicted molar refractivity (Wildman–Crippen MR) is 51.2 cm³/mol. The zero-order valence-electron chi connectivity index (χ0n) is 7.26. The Hall–Kier alpha value is -2.27.